The zero-order valence-electron chi connectivity index (χ0n) is 9.54. The van der Waals surface area contributed by atoms with E-state index >= 15 is 0 Å². The molecule has 0 aromatic rings. The fourth-order valence-corrected chi connectivity index (χ4v) is 2.84. The summed E-state index contributed by atoms with van der Waals surface area (Å²) in [6, 6.07) is 0.336. The summed E-state index contributed by atoms with van der Waals surface area (Å²) in [5.74, 6) is 6.25. The van der Waals surface area contributed by atoms with Gasteiger partial charge in [0.05, 0.1) is 6.10 Å². The van der Waals surface area contributed by atoms with Gasteiger partial charge in [-0.15, -0.1) is 0 Å². The quantitative estimate of drug-likeness (QED) is 0.424. The van der Waals surface area contributed by atoms with Crippen molar-refractivity contribution in [2.45, 2.75) is 51.2 Å². The van der Waals surface area contributed by atoms with Gasteiger partial charge in [0.1, 0.15) is 0 Å². The molecule has 0 bridgehead atoms. The molecule has 1 aliphatic heterocycles. The molecular formula is C12H22N2O. The molecule has 3 nitrogen and oxygen atoms in total. The minimum Gasteiger partial charge on any atom is -0.378 e. The molecule has 3 heteroatoms. The average Bonchev–Trinajstić information content (AvgIpc) is 2.68. The van der Waals surface area contributed by atoms with Crippen molar-refractivity contribution in [3.8, 4) is 0 Å². The Kier molecular flexibility index (Phi) is 3.78. The summed E-state index contributed by atoms with van der Waals surface area (Å²) >= 11 is 0. The Balaban J connectivity index is 2.05. The first-order chi connectivity index (χ1) is 7.33. The third-order valence-corrected chi connectivity index (χ3v) is 3.77. The summed E-state index contributed by atoms with van der Waals surface area (Å²) in [6.45, 7) is 3.04. The van der Waals surface area contributed by atoms with Gasteiger partial charge in [0.15, 0.2) is 0 Å². The number of hydrogen-bond donors (Lipinski definition) is 2. The second kappa shape index (κ2) is 5.10. The number of rotatable bonds is 3. The van der Waals surface area contributed by atoms with Crippen LogP contribution in [0, 0.1) is 5.92 Å². The van der Waals surface area contributed by atoms with Crippen molar-refractivity contribution in [2.75, 3.05) is 6.61 Å². The molecule has 3 unspecified atom stereocenters. The molecule has 3 N–H and O–H groups in total. The summed E-state index contributed by atoms with van der Waals surface area (Å²) in [7, 11) is 0. The van der Waals surface area contributed by atoms with Crippen LogP contribution in [0.25, 0.3) is 0 Å². The number of ether oxygens (including phenoxy) is 1. The molecule has 1 fully saturated rings. The molecule has 2 aliphatic rings. The van der Waals surface area contributed by atoms with Crippen LogP contribution in [0.3, 0.4) is 0 Å². The first kappa shape index (κ1) is 11.1. The zero-order valence-corrected chi connectivity index (χ0v) is 9.54. The maximum Gasteiger partial charge on any atom is 0.0594 e. The van der Waals surface area contributed by atoms with Gasteiger partial charge in [-0.05, 0) is 39.0 Å². The minimum absolute atomic E-state index is 0.336. The highest BCUT2D eigenvalue weighted by Gasteiger charge is 2.33. The van der Waals surface area contributed by atoms with E-state index in [2.05, 4.69) is 18.4 Å². The van der Waals surface area contributed by atoms with Gasteiger partial charge in [-0.1, -0.05) is 11.6 Å². The monoisotopic (exact) mass is 210 g/mol. The van der Waals surface area contributed by atoms with Crippen molar-refractivity contribution in [2.24, 2.45) is 11.8 Å². The van der Waals surface area contributed by atoms with E-state index in [0.29, 0.717) is 18.1 Å². The minimum atomic E-state index is 0.336. The zero-order chi connectivity index (χ0) is 10.7. The SMILES string of the molecule is CC1OCCC1C(NN)C1=CCCCC1. The van der Waals surface area contributed by atoms with Crippen molar-refractivity contribution in [1.82, 2.24) is 5.43 Å². The average molecular weight is 210 g/mol. The number of allylic oxidation sites excluding steroid dienone is 1. The lowest BCUT2D eigenvalue weighted by atomic mass is 9.84. The molecule has 0 spiro atoms. The van der Waals surface area contributed by atoms with Gasteiger partial charge < -0.3 is 4.74 Å². The van der Waals surface area contributed by atoms with Gasteiger partial charge in [-0.25, -0.2) is 0 Å². The molecule has 1 heterocycles. The Hall–Kier alpha value is -0.380. The van der Waals surface area contributed by atoms with E-state index in [9.17, 15) is 0 Å². The molecule has 0 radical (unpaired) electrons. The van der Waals surface area contributed by atoms with Crippen LogP contribution in [0.15, 0.2) is 11.6 Å². The van der Waals surface area contributed by atoms with E-state index in [1.165, 1.54) is 31.3 Å². The largest absolute Gasteiger partial charge is 0.378 e. The highest BCUT2D eigenvalue weighted by Crippen LogP contribution is 2.31. The van der Waals surface area contributed by atoms with Gasteiger partial charge in [-0.2, -0.15) is 0 Å². The molecule has 86 valence electrons. The Morgan fingerprint density at radius 2 is 2.40 bits per heavy atom. The fourth-order valence-electron chi connectivity index (χ4n) is 2.84. The van der Waals surface area contributed by atoms with E-state index in [-0.39, 0.29) is 0 Å². The second-order valence-electron chi connectivity index (χ2n) is 4.70. The van der Waals surface area contributed by atoms with Crippen molar-refractivity contribution in [1.29, 1.82) is 0 Å². The lowest BCUT2D eigenvalue weighted by molar-refractivity contribution is 0.0984. The molecule has 0 saturated carbocycles. The molecule has 0 aromatic heterocycles. The first-order valence-corrected chi connectivity index (χ1v) is 6.09. The van der Waals surface area contributed by atoms with Crippen LogP contribution in [0.1, 0.15) is 39.0 Å². The number of hydrogen-bond acceptors (Lipinski definition) is 3. The van der Waals surface area contributed by atoms with Crippen LogP contribution >= 0.6 is 0 Å². The molecule has 2 rings (SSSR count). The molecule has 0 amide bonds. The molecule has 1 saturated heterocycles. The van der Waals surface area contributed by atoms with Gasteiger partial charge in [0.2, 0.25) is 0 Å². The van der Waals surface area contributed by atoms with Crippen LogP contribution in [-0.4, -0.2) is 18.8 Å². The van der Waals surface area contributed by atoms with Crippen LogP contribution < -0.4 is 11.3 Å². The molecule has 1 aliphatic carbocycles. The lowest BCUT2D eigenvalue weighted by Crippen LogP contribution is -2.44. The second-order valence-corrected chi connectivity index (χ2v) is 4.70. The van der Waals surface area contributed by atoms with Crippen LogP contribution in [0.2, 0.25) is 0 Å². The van der Waals surface area contributed by atoms with Crippen LogP contribution in [0.4, 0.5) is 0 Å². The van der Waals surface area contributed by atoms with E-state index in [1.807, 2.05) is 0 Å². The Bertz CT molecular complexity index is 240. The third-order valence-electron chi connectivity index (χ3n) is 3.77. The summed E-state index contributed by atoms with van der Waals surface area (Å²) in [4.78, 5) is 0. The number of hydrazine groups is 1. The highest BCUT2D eigenvalue weighted by molar-refractivity contribution is 5.15. The topological polar surface area (TPSA) is 47.3 Å². The Labute approximate surface area is 92.0 Å². The highest BCUT2D eigenvalue weighted by atomic mass is 16.5. The standard InChI is InChI=1S/C12H22N2O/c1-9-11(7-8-15-9)12(14-13)10-5-3-2-4-6-10/h5,9,11-12,14H,2-4,6-8,13H2,1H3. The van der Waals surface area contributed by atoms with E-state index < -0.39 is 0 Å². The normalized spacial score (nSPS) is 33.9. The summed E-state index contributed by atoms with van der Waals surface area (Å²) < 4.78 is 5.62. The van der Waals surface area contributed by atoms with Crippen LogP contribution in [0.5, 0.6) is 0 Å². The smallest absolute Gasteiger partial charge is 0.0594 e. The summed E-state index contributed by atoms with van der Waals surface area (Å²) in [6.07, 6.45) is 8.91. The van der Waals surface area contributed by atoms with Crippen LogP contribution in [-0.2, 0) is 4.74 Å². The molecule has 0 aromatic carbocycles. The predicted octanol–water partition coefficient (Wildman–Crippen LogP) is 1.74. The maximum atomic E-state index is 5.70. The van der Waals surface area contributed by atoms with Gasteiger partial charge in [0.25, 0.3) is 0 Å². The molecular weight excluding hydrogens is 188 g/mol. The van der Waals surface area contributed by atoms with E-state index in [4.69, 9.17) is 10.6 Å². The van der Waals surface area contributed by atoms with Gasteiger partial charge in [0, 0.05) is 18.6 Å². The summed E-state index contributed by atoms with van der Waals surface area (Å²) in [5.41, 5.74) is 4.50. The van der Waals surface area contributed by atoms with Crippen molar-refractivity contribution >= 4 is 0 Å². The van der Waals surface area contributed by atoms with Crippen molar-refractivity contribution in [3.63, 3.8) is 0 Å². The fraction of sp³-hybridized carbons (Fsp3) is 0.833. The van der Waals surface area contributed by atoms with Crippen molar-refractivity contribution < 1.29 is 4.74 Å². The molecule has 3 atom stereocenters. The van der Waals surface area contributed by atoms with E-state index in [1.54, 1.807) is 0 Å². The maximum absolute atomic E-state index is 5.70. The Morgan fingerprint density at radius 1 is 1.53 bits per heavy atom. The van der Waals surface area contributed by atoms with E-state index in [0.717, 1.165) is 13.0 Å². The number of nitrogens with one attached hydrogen (secondary N) is 1. The number of nitrogens with two attached hydrogens (primary N) is 1. The first-order valence-electron chi connectivity index (χ1n) is 6.09. The predicted molar refractivity (Wildman–Crippen MR) is 61.2 cm³/mol. The van der Waals surface area contributed by atoms with Gasteiger partial charge in [-0.3, -0.25) is 11.3 Å². The molecule has 15 heavy (non-hydrogen) atoms. The van der Waals surface area contributed by atoms with Crippen molar-refractivity contribution in [3.05, 3.63) is 11.6 Å². The lowest BCUT2D eigenvalue weighted by Gasteiger charge is -2.29. The Morgan fingerprint density at radius 3 is 2.93 bits per heavy atom. The third kappa shape index (κ3) is 2.41. The van der Waals surface area contributed by atoms with Gasteiger partial charge >= 0.3 is 0 Å². The summed E-state index contributed by atoms with van der Waals surface area (Å²) in [5, 5.41) is 0.